The van der Waals surface area contributed by atoms with Crippen LogP contribution in [0.15, 0.2) is 83.8 Å². The Hall–Kier alpha value is -4.25. The van der Waals surface area contributed by atoms with Gasteiger partial charge < -0.3 is 25.3 Å². The molecule has 3 N–H and O–H groups in total. The molecule has 286 valence electrons. The van der Waals surface area contributed by atoms with E-state index in [1.54, 1.807) is 44.2 Å². The molecule has 53 heavy (non-hydrogen) atoms. The third-order valence-electron chi connectivity index (χ3n) is 9.22. The number of nitrogens with one attached hydrogen (secondary N) is 1. The summed E-state index contributed by atoms with van der Waals surface area (Å²) in [4.78, 5) is 4.11. The lowest BCUT2D eigenvalue weighted by Gasteiger charge is -2.40. The zero-order chi connectivity index (χ0) is 39.2. The highest BCUT2D eigenvalue weighted by molar-refractivity contribution is 7.89. The van der Waals surface area contributed by atoms with Gasteiger partial charge in [-0.2, -0.15) is 30.6 Å². The Kier molecular flexibility index (Phi) is 12.8. The van der Waals surface area contributed by atoms with E-state index in [2.05, 4.69) is 33.9 Å². The Morgan fingerprint density at radius 3 is 1.58 bits per heavy atom. The minimum atomic E-state index is -4.80. The van der Waals surface area contributed by atoms with Crippen LogP contribution in [0.5, 0.6) is 0 Å². The third-order valence-corrected chi connectivity index (χ3v) is 11.1. The van der Waals surface area contributed by atoms with Crippen LogP contribution >= 0.6 is 0 Å². The number of nitrogens with zero attached hydrogens (tertiary/aromatic N) is 3. The van der Waals surface area contributed by atoms with Crippen LogP contribution in [0.3, 0.4) is 0 Å². The van der Waals surface area contributed by atoms with Gasteiger partial charge in [0.2, 0.25) is 10.0 Å². The van der Waals surface area contributed by atoms with Gasteiger partial charge in [-0.05, 0) is 75.2 Å². The van der Waals surface area contributed by atoms with Gasteiger partial charge in [-0.25, -0.2) is 8.42 Å². The number of sulfonamides is 1. The normalized spacial score (nSPS) is 20.7. The molecule has 2 fully saturated rings. The summed E-state index contributed by atoms with van der Waals surface area (Å²) >= 11 is 0. The average Bonchev–Trinajstić information content (AvgIpc) is 3.12. The first-order chi connectivity index (χ1) is 24.8. The van der Waals surface area contributed by atoms with Gasteiger partial charge in [-0.15, -0.1) is 11.8 Å². The summed E-state index contributed by atoms with van der Waals surface area (Å²) in [7, 11) is -3.68. The third kappa shape index (κ3) is 9.28. The van der Waals surface area contributed by atoms with Gasteiger partial charge in [0.15, 0.2) is 11.2 Å². The second-order valence-electron chi connectivity index (χ2n) is 12.8. The molecule has 2 aliphatic rings. The van der Waals surface area contributed by atoms with Crippen LogP contribution in [0.25, 0.3) is 0 Å². The summed E-state index contributed by atoms with van der Waals surface area (Å²) in [6.07, 6.45) is -9.51. The summed E-state index contributed by atoms with van der Waals surface area (Å²) in [5.41, 5.74) is -4.85. The molecule has 0 bridgehead atoms. The molecule has 4 atom stereocenters. The number of piperazine rings is 2. The van der Waals surface area contributed by atoms with Crippen LogP contribution in [0.1, 0.15) is 38.8 Å². The number of anilines is 2. The molecule has 3 aromatic carbocycles. The first-order valence-corrected chi connectivity index (χ1v) is 18.1. The summed E-state index contributed by atoms with van der Waals surface area (Å²) < 4.78 is 105. The number of aliphatic hydroxyl groups is 2. The second-order valence-corrected chi connectivity index (χ2v) is 14.8. The van der Waals surface area contributed by atoms with Crippen molar-refractivity contribution in [3.63, 3.8) is 0 Å². The lowest BCUT2D eigenvalue weighted by molar-refractivity contribution is -0.259. The minimum Gasteiger partial charge on any atom is -0.376 e. The molecule has 2 aliphatic heterocycles. The Morgan fingerprint density at radius 2 is 1.13 bits per heavy atom. The van der Waals surface area contributed by atoms with Gasteiger partial charge in [0, 0.05) is 50.6 Å². The number of rotatable bonds is 6. The van der Waals surface area contributed by atoms with Crippen molar-refractivity contribution in [1.82, 2.24) is 9.62 Å². The van der Waals surface area contributed by atoms with E-state index in [-0.39, 0.29) is 35.2 Å². The second kappa shape index (κ2) is 16.4. The lowest BCUT2D eigenvalue weighted by atomic mass is 9.95. The van der Waals surface area contributed by atoms with Gasteiger partial charge in [0.1, 0.15) is 12.1 Å². The topological polar surface area (TPSA) is 96.4 Å². The highest BCUT2D eigenvalue weighted by atomic mass is 32.2. The van der Waals surface area contributed by atoms with E-state index in [9.17, 15) is 45.0 Å². The van der Waals surface area contributed by atoms with Crippen molar-refractivity contribution < 1.29 is 45.0 Å². The molecule has 4 unspecified atom stereocenters. The van der Waals surface area contributed by atoms with E-state index >= 15 is 0 Å². The van der Waals surface area contributed by atoms with Gasteiger partial charge >= 0.3 is 12.4 Å². The predicted molar refractivity (Wildman–Crippen MR) is 191 cm³/mol. The summed E-state index contributed by atoms with van der Waals surface area (Å²) in [6.45, 7) is 7.77. The van der Waals surface area contributed by atoms with E-state index in [1.165, 1.54) is 52.8 Å². The molecule has 0 saturated carbocycles. The van der Waals surface area contributed by atoms with Crippen LogP contribution in [-0.2, 0) is 21.2 Å². The fraction of sp³-hybridized carbons (Fsp3) is 0.421. The first-order valence-electron chi connectivity index (χ1n) is 16.7. The van der Waals surface area contributed by atoms with Crippen molar-refractivity contribution in [2.45, 2.75) is 68.2 Å². The van der Waals surface area contributed by atoms with Crippen molar-refractivity contribution in [2.75, 3.05) is 49.1 Å². The van der Waals surface area contributed by atoms with Gasteiger partial charge in [0.05, 0.1) is 4.90 Å². The molecule has 5 rings (SSSR count). The van der Waals surface area contributed by atoms with Gasteiger partial charge in [-0.3, -0.25) is 0 Å². The highest BCUT2D eigenvalue weighted by Gasteiger charge is 2.52. The first kappa shape index (κ1) is 41.5. The molecular weight excluding hydrogens is 722 g/mol. The quantitative estimate of drug-likeness (QED) is 0.222. The smallest absolute Gasteiger partial charge is 0.376 e. The fourth-order valence-electron chi connectivity index (χ4n) is 5.91. The van der Waals surface area contributed by atoms with Crippen molar-refractivity contribution in [1.29, 1.82) is 0 Å². The van der Waals surface area contributed by atoms with Crippen molar-refractivity contribution in [3.05, 3.63) is 90.0 Å². The maximum Gasteiger partial charge on any atom is 0.421 e. The molecule has 2 heterocycles. The number of halogens is 6. The van der Waals surface area contributed by atoms with Crippen molar-refractivity contribution in [2.24, 2.45) is 0 Å². The van der Waals surface area contributed by atoms with E-state index in [0.29, 0.717) is 25.7 Å². The van der Waals surface area contributed by atoms with Crippen molar-refractivity contribution >= 4 is 21.4 Å². The Morgan fingerprint density at radius 1 is 0.679 bits per heavy atom. The Balaban J connectivity index is 0.000000251. The fourth-order valence-corrected chi connectivity index (χ4v) is 7.37. The minimum absolute atomic E-state index is 0.00673. The molecule has 0 aromatic heterocycles. The van der Waals surface area contributed by atoms with Crippen LogP contribution in [0.2, 0.25) is 0 Å². The van der Waals surface area contributed by atoms with Crippen LogP contribution < -0.4 is 15.1 Å². The Bertz CT molecular complexity index is 1910. The number of hydrogen-bond acceptors (Lipinski definition) is 7. The molecule has 8 nitrogen and oxygen atoms in total. The molecule has 0 aliphatic carbocycles. The van der Waals surface area contributed by atoms with E-state index < -0.39 is 39.6 Å². The molecule has 15 heteroatoms. The molecule has 0 spiro atoms. The molecule has 2 saturated heterocycles. The highest BCUT2D eigenvalue weighted by Crippen LogP contribution is 2.40. The van der Waals surface area contributed by atoms with Gasteiger partial charge in [0.25, 0.3) is 0 Å². The van der Waals surface area contributed by atoms with E-state index in [4.69, 9.17) is 0 Å². The van der Waals surface area contributed by atoms with Crippen LogP contribution in [-0.4, -0.2) is 86.6 Å². The van der Waals surface area contributed by atoms with E-state index in [1.807, 2.05) is 4.90 Å². The zero-order valence-corrected chi connectivity index (χ0v) is 30.4. The Labute approximate surface area is 306 Å². The maximum atomic E-state index is 13.1. The summed E-state index contributed by atoms with van der Waals surface area (Å²) in [6, 6.07) is 18.9. The van der Waals surface area contributed by atoms with Crippen molar-refractivity contribution in [3.8, 4) is 23.7 Å². The standard InChI is InChI=1S/C22H23F3N2O3S.C16H19F3N2O/c1-3-7-19-16-26(31(29,30)20-8-5-4-6-9-20)14-15-27(19)18-12-10-17(11-13-18)21(2,28)22(23,24)25;1-3-4-14-11-20-9-10-21(14)13-7-5-12(6-8-13)15(2,22)16(17,18)19/h4-6,8-13,19,28H,14-16H2,1-2H3;5-8,14,20,22H,9-11H2,1-2H3. The monoisotopic (exact) mass is 764 g/mol. The van der Waals surface area contributed by atoms with Crippen LogP contribution in [0, 0.1) is 23.7 Å². The SMILES string of the molecule is CC#CC1CN(S(=O)(=O)c2ccccc2)CCN1c1ccc(C(C)(O)C(F)(F)F)cc1.CC#CC1CNCCN1c1ccc(C(C)(O)C(F)(F)F)cc1. The molecule has 3 aromatic rings. The maximum absolute atomic E-state index is 13.1. The number of hydrogen-bond donors (Lipinski definition) is 3. The summed E-state index contributed by atoms with van der Waals surface area (Å²) in [5, 5.41) is 22.8. The van der Waals surface area contributed by atoms with Gasteiger partial charge in [-0.1, -0.05) is 54.3 Å². The molecular formula is C38H42F6N4O4S. The average molecular weight is 765 g/mol. The predicted octanol–water partition coefficient (Wildman–Crippen LogP) is 5.62. The van der Waals surface area contributed by atoms with Crippen LogP contribution in [0.4, 0.5) is 37.7 Å². The van der Waals surface area contributed by atoms with E-state index in [0.717, 1.165) is 25.7 Å². The lowest BCUT2D eigenvalue weighted by Crippen LogP contribution is -2.54. The largest absolute Gasteiger partial charge is 0.421 e. The molecule has 0 amide bonds. The summed E-state index contributed by atoms with van der Waals surface area (Å²) in [5.74, 6) is 11.8. The number of benzene rings is 3. The zero-order valence-electron chi connectivity index (χ0n) is 29.6. The number of alkyl halides is 6. The molecule has 0 radical (unpaired) electrons.